The van der Waals surface area contributed by atoms with Crippen molar-refractivity contribution < 1.29 is 19.2 Å². The minimum absolute atomic E-state index is 0.141. The number of nitrogens with one attached hydrogen (secondary N) is 2. The standard InChI is InChI=1S/C24H26N4O4S/c1-27(2)20(30)14-28-17-10-6-7-11-18(17)33-22(15-8-4-3-5-9-15)21(24(28)32)26-23(31)16-12-13-19(29)25-16/h3-11,16,21-22H,12-14H2,1-2H3,(H,25,29)(H,26,31)/t16-,21+,22+/m0/s1. The number of para-hydroxylation sites is 1. The lowest BCUT2D eigenvalue weighted by atomic mass is 10.0. The van der Waals surface area contributed by atoms with Gasteiger partial charge in [-0.15, -0.1) is 11.8 Å². The third-order valence-electron chi connectivity index (χ3n) is 5.77. The van der Waals surface area contributed by atoms with Crippen LogP contribution in [-0.4, -0.2) is 61.3 Å². The Labute approximate surface area is 196 Å². The summed E-state index contributed by atoms with van der Waals surface area (Å²) in [6.07, 6.45) is 0.667. The van der Waals surface area contributed by atoms with Crippen LogP contribution in [0.2, 0.25) is 0 Å². The van der Waals surface area contributed by atoms with E-state index in [1.54, 1.807) is 14.1 Å². The van der Waals surface area contributed by atoms with Gasteiger partial charge in [-0.3, -0.25) is 19.2 Å². The van der Waals surface area contributed by atoms with E-state index < -0.39 is 23.2 Å². The fourth-order valence-electron chi connectivity index (χ4n) is 3.95. The Hall–Kier alpha value is -3.33. The molecule has 3 atom stereocenters. The number of hydrogen-bond donors (Lipinski definition) is 2. The smallest absolute Gasteiger partial charge is 0.251 e. The van der Waals surface area contributed by atoms with Gasteiger partial charge in [-0.1, -0.05) is 42.5 Å². The largest absolute Gasteiger partial charge is 0.347 e. The molecule has 2 aromatic rings. The van der Waals surface area contributed by atoms with Gasteiger partial charge < -0.3 is 20.4 Å². The zero-order chi connectivity index (χ0) is 23.5. The highest BCUT2D eigenvalue weighted by Crippen LogP contribution is 2.45. The molecule has 0 spiro atoms. The van der Waals surface area contributed by atoms with Crippen molar-refractivity contribution in [3.05, 3.63) is 60.2 Å². The maximum Gasteiger partial charge on any atom is 0.251 e. The molecule has 0 saturated carbocycles. The van der Waals surface area contributed by atoms with E-state index in [4.69, 9.17) is 0 Å². The minimum Gasteiger partial charge on any atom is -0.347 e. The molecule has 0 bridgehead atoms. The fourth-order valence-corrected chi connectivity index (χ4v) is 5.29. The van der Waals surface area contributed by atoms with Gasteiger partial charge in [0.15, 0.2) is 0 Å². The van der Waals surface area contributed by atoms with Gasteiger partial charge in [0.2, 0.25) is 17.7 Å². The molecule has 2 aliphatic rings. The van der Waals surface area contributed by atoms with Crippen LogP contribution < -0.4 is 15.5 Å². The Morgan fingerprint density at radius 2 is 1.79 bits per heavy atom. The lowest BCUT2D eigenvalue weighted by Crippen LogP contribution is -2.55. The second kappa shape index (κ2) is 9.66. The molecule has 0 aromatic heterocycles. The number of hydrogen-bond acceptors (Lipinski definition) is 5. The highest BCUT2D eigenvalue weighted by Gasteiger charge is 2.41. The van der Waals surface area contributed by atoms with Crippen molar-refractivity contribution in [2.45, 2.75) is 35.1 Å². The molecule has 2 aliphatic heterocycles. The quantitative estimate of drug-likeness (QED) is 0.699. The van der Waals surface area contributed by atoms with E-state index in [1.807, 2.05) is 54.6 Å². The Morgan fingerprint density at radius 3 is 2.45 bits per heavy atom. The maximum atomic E-state index is 13.9. The summed E-state index contributed by atoms with van der Waals surface area (Å²) in [5.41, 5.74) is 1.52. The summed E-state index contributed by atoms with van der Waals surface area (Å²) in [6, 6.07) is 15.4. The molecule has 4 rings (SSSR count). The van der Waals surface area contributed by atoms with Crippen LogP contribution in [-0.2, 0) is 19.2 Å². The number of amides is 4. The van der Waals surface area contributed by atoms with Gasteiger partial charge in [-0.25, -0.2) is 0 Å². The van der Waals surface area contributed by atoms with E-state index in [-0.39, 0.29) is 30.7 Å². The molecular weight excluding hydrogens is 440 g/mol. The number of likely N-dealkylation sites (N-methyl/N-ethyl adjacent to an activating group) is 1. The van der Waals surface area contributed by atoms with Gasteiger partial charge in [0, 0.05) is 25.4 Å². The summed E-state index contributed by atoms with van der Waals surface area (Å²) < 4.78 is 0. The number of carbonyl (C=O) groups is 4. The monoisotopic (exact) mass is 466 g/mol. The van der Waals surface area contributed by atoms with E-state index in [2.05, 4.69) is 10.6 Å². The number of benzene rings is 2. The van der Waals surface area contributed by atoms with Crippen molar-refractivity contribution in [3.63, 3.8) is 0 Å². The van der Waals surface area contributed by atoms with E-state index >= 15 is 0 Å². The Morgan fingerprint density at radius 1 is 1.09 bits per heavy atom. The summed E-state index contributed by atoms with van der Waals surface area (Å²) in [5.74, 6) is -1.17. The first kappa shape index (κ1) is 22.8. The van der Waals surface area contributed by atoms with E-state index in [9.17, 15) is 19.2 Å². The van der Waals surface area contributed by atoms with Crippen LogP contribution in [0.1, 0.15) is 23.7 Å². The number of carbonyl (C=O) groups excluding carboxylic acids is 4. The first-order chi connectivity index (χ1) is 15.8. The molecule has 9 heteroatoms. The predicted octanol–water partition coefficient (Wildman–Crippen LogP) is 1.72. The zero-order valence-corrected chi connectivity index (χ0v) is 19.3. The highest BCUT2D eigenvalue weighted by atomic mass is 32.2. The van der Waals surface area contributed by atoms with Crippen molar-refractivity contribution in [2.75, 3.05) is 25.5 Å². The fraction of sp³-hybridized carbons (Fsp3) is 0.333. The number of anilines is 1. The average molecular weight is 467 g/mol. The lowest BCUT2D eigenvalue weighted by Gasteiger charge is -2.29. The van der Waals surface area contributed by atoms with Gasteiger partial charge >= 0.3 is 0 Å². The van der Waals surface area contributed by atoms with E-state index in [1.165, 1.54) is 21.6 Å². The van der Waals surface area contributed by atoms with Gasteiger partial charge in [0.05, 0.1) is 10.9 Å². The molecule has 0 radical (unpaired) electrons. The minimum atomic E-state index is -0.926. The third-order valence-corrected chi connectivity index (χ3v) is 7.17. The second-order valence-electron chi connectivity index (χ2n) is 8.27. The van der Waals surface area contributed by atoms with Crippen LogP contribution in [0, 0.1) is 0 Å². The molecule has 33 heavy (non-hydrogen) atoms. The molecule has 1 saturated heterocycles. The SMILES string of the molecule is CN(C)C(=O)CN1C(=O)[C@H](NC(=O)[C@@H]2CCC(=O)N2)[C@@H](c2ccccc2)Sc2ccccc21. The summed E-state index contributed by atoms with van der Waals surface area (Å²) in [5, 5.41) is 5.14. The highest BCUT2D eigenvalue weighted by molar-refractivity contribution is 7.99. The molecule has 0 aliphatic carbocycles. The molecule has 8 nitrogen and oxygen atoms in total. The van der Waals surface area contributed by atoms with Crippen LogP contribution in [0.5, 0.6) is 0 Å². The molecule has 0 unspecified atom stereocenters. The molecule has 2 N–H and O–H groups in total. The van der Waals surface area contributed by atoms with Crippen molar-refractivity contribution in [3.8, 4) is 0 Å². The van der Waals surface area contributed by atoms with Crippen molar-refractivity contribution in [2.24, 2.45) is 0 Å². The molecule has 172 valence electrons. The summed E-state index contributed by atoms with van der Waals surface area (Å²) in [7, 11) is 3.28. The van der Waals surface area contributed by atoms with Crippen molar-refractivity contribution >= 4 is 41.1 Å². The lowest BCUT2D eigenvalue weighted by molar-refractivity contribution is -0.131. The summed E-state index contributed by atoms with van der Waals surface area (Å²) in [4.78, 5) is 54.9. The van der Waals surface area contributed by atoms with Gasteiger partial charge in [0.1, 0.15) is 18.6 Å². The van der Waals surface area contributed by atoms with Crippen LogP contribution in [0.15, 0.2) is 59.5 Å². The van der Waals surface area contributed by atoms with Crippen molar-refractivity contribution in [1.82, 2.24) is 15.5 Å². The number of nitrogens with zero attached hydrogens (tertiary/aromatic N) is 2. The van der Waals surface area contributed by atoms with E-state index in [0.29, 0.717) is 12.1 Å². The molecule has 2 aromatic carbocycles. The summed E-state index contributed by atoms with van der Waals surface area (Å²) >= 11 is 1.48. The van der Waals surface area contributed by atoms with Crippen LogP contribution in [0.25, 0.3) is 0 Å². The number of fused-ring (bicyclic) bond motifs is 1. The van der Waals surface area contributed by atoms with Crippen LogP contribution in [0.4, 0.5) is 5.69 Å². The van der Waals surface area contributed by atoms with E-state index in [0.717, 1.165) is 10.5 Å². The Balaban J connectivity index is 1.74. The topological polar surface area (TPSA) is 98.8 Å². The maximum absolute atomic E-state index is 13.9. The van der Waals surface area contributed by atoms with Gasteiger partial charge in [-0.2, -0.15) is 0 Å². The van der Waals surface area contributed by atoms with Crippen LogP contribution >= 0.6 is 11.8 Å². The Kier molecular flexibility index (Phi) is 6.69. The molecule has 1 fully saturated rings. The van der Waals surface area contributed by atoms with Crippen molar-refractivity contribution in [1.29, 1.82) is 0 Å². The van der Waals surface area contributed by atoms with Crippen LogP contribution in [0.3, 0.4) is 0 Å². The molecular formula is C24H26N4O4S. The predicted molar refractivity (Wildman–Crippen MR) is 126 cm³/mol. The van der Waals surface area contributed by atoms with Gasteiger partial charge in [-0.05, 0) is 24.1 Å². The zero-order valence-electron chi connectivity index (χ0n) is 18.5. The third kappa shape index (κ3) is 4.88. The normalized spacial score (nSPS) is 22.2. The van der Waals surface area contributed by atoms with Gasteiger partial charge in [0.25, 0.3) is 5.91 Å². The first-order valence-electron chi connectivity index (χ1n) is 10.8. The molecule has 2 heterocycles. The number of thioether (sulfide) groups is 1. The summed E-state index contributed by atoms with van der Waals surface area (Å²) in [6.45, 7) is -0.141. The second-order valence-corrected chi connectivity index (χ2v) is 9.46. The molecule has 4 amide bonds. The average Bonchev–Trinajstić information content (AvgIpc) is 3.22. The number of rotatable bonds is 5. The Bertz CT molecular complexity index is 1080. The first-order valence-corrected chi connectivity index (χ1v) is 11.6.